The second kappa shape index (κ2) is 10.1. The second-order valence-electron chi connectivity index (χ2n) is 6.31. The van der Waals surface area contributed by atoms with E-state index in [1.54, 1.807) is 12.1 Å². The fourth-order valence-corrected chi connectivity index (χ4v) is 3.19. The molecule has 0 fully saturated rings. The third kappa shape index (κ3) is 9.83. The molecular formula is C17H27N3O4S. The molecule has 0 heterocycles. The second-order valence-corrected chi connectivity index (χ2v) is 8.37. The zero-order valence-corrected chi connectivity index (χ0v) is 15.9. The van der Waals surface area contributed by atoms with Gasteiger partial charge in [0.2, 0.25) is 11.8 Å². The van der Waals surface area contributed by atoms with Crippen LogP contribution in [-0.2, 0) is 19.4 Å². The minimum absolute atomic E-state index is 0.428. The van der Waals surface area contributed by atoms with Crippen molar-refractivity contribution in [2.45, 2.75) is 19.8 Å². The Balaban J connectivity index is 2.35. The summed E-state index contributed by atoms with van der Waals surface area (Å²) in [7, 11) is 0.133. The van der Waals surface area contributed by atoms with E-state index in [1.165, 1.54) is 0 Å². The first-order valence-electron chi connectivity index (χ1n) is 8.16. The number of nitrogens with zero attached hydrogens (tertiary/aromatic N) is 1. The summed E-state index contributed by atoms with van der Waals surface area (Å²) in [6.07, 6.45) is 1.69. The lowest BCUT2D eigenvalue weighted by Gasteiger charge is -2.10. The number of anilines is 1. The van der Waals surface area contributed by atoms with E-state index < -0.39 is 33.2 Å². The van der Waals surface area contributed by atoms with Crippen molar-refractivity contribution in [2.75, 3.05) is 44.0 Å². The van der Waals surface area contributed by atoms with E-state index in [2.05, 4.69) is 10.6 Å². The number of carbonyl (C=O) groups excluding carboxylic acids is 2. The van der Waals surface area contributed by atoms with E-state index >= 15 is 0 Å². The quantitative estimate of drug-likeness (QED) is 0.595. The van der Waals surface area contributed by atoms with Crippen LogP contribution in [0.5, 0.6) is 0 Å². The van der Waals surface area contributed by atoms with Crippen LogP contribution in [0.3, 0.4) is 0 Å². The highest BCUT2D eigenvalue weighted by atomic mass is 32.2. The van der Waals surface area contributed by atoms with Gasteiger partial charge in [0.1, 0.15) is 11.5 Å². The lowest BCUT2D eigenvalue weighted by Crippen LogP contribution is -2.34. The molecule has 25 heavy (non-hydrogen) atoms. The van der Waals surface area contributed by atoms with E-state index in [0.29, 0.717) is 12.2 Å². The maximum absolute atomic E-state index is 11.9. The van der Waals surface area contributed by atoms with Crippen molar-refractivity contribution in [1.82, 2.24) is 10.2 Å². The highest BCUT2D eigenvalue weighted by Crippen LogP contribution is 2.08. The fraction of sp³-hybridized carbons (Fsp3) is 0.529. The van der Waals surface area contributed by atoms with E-state index in [1.807, 2.05) is 38.1 Å². The van der Waals surface area contributed by atoms with Crippen molar-refractivity contribution in [3.05, 3.63) is 29.8 Å². The van der Waals surface area contributed by atoms with Crippen LogP contribution >= 0.6 is 0 Å². The van der Waals surface area contributed by atoms with Gasteiger partial charge in [0.05, 0.1) is 0 Å². The predicted molar refractivity (Wildman–Crippen MR) is 99.3 cm³/mol. The van der Waals surface area contributed by atoms with Crippen LogP contribution < -0.4 is 10.6 Å². The van der Waals surface area contributed by atoms with E-state index in [-0.39, 0.29) is 0 Å². The highest BCUT2D eigenvalue weighted by molar-refractivity contribution is 7.92. The van der Waals surface area contributed by atoms with Gasteiger partial charge in [-0.15, -0.1) is 0 Å². The van der Waals surface area contributed by atoms with Gasteiger partial charge in [0, 0.05) is 12.2 Å². The molecule has 1 aromatic carbocycles. The van der Waals surface area contributed by atoms with Crippen molar-refractivity contribution in [1.29, 1.82) is 0 Å². The number of carbonyl (C=O) groups is 2. The van der Waals surface area contributed by atoms with Gasteiger partial charge in [-0.1, -0.05) is 17.7 Å². The SMILES string of the molecule is Cc1ccc(NC(=O)CS(=O)(=O)CC(=O)NCCCCN(C)C)cc1. The molecule has 0 radical (unpaired) electrons. The number of unbranched alkanes of at least 4 members (excludes halogenated alkanes) is 1. The third-order valence-electron chi connectivity index (χ3n) is 3.39. The van der Waals surface area contributed by atoms with Gasteiger partial charge < -0.3 is 15.5 Å². The van der Waals surface area contributed by atoms with Crippen molar-refractivity contribution < 1.29 is 18.0 Å². The first-order valence-corrected chi connectivity index (χ1v) is 9.98. The first kappa shape index (κ1) is 21.1. The summed E-state index contributed by atoms with van der Waals surface area (Å²) in [4.78, 5) is 25.6. The molecule has 1 rings (SSSR count). The molecule has 0 spiro atoms. The molecule has 1 aromatic rings. The Kier molecular flexibility index (Phi) is 8.57. The molecule has 0 atom stereocenters. The summed E-state index contributed by atoms with van der Waals surface area (Å²) < 4.78 is 23.9. The molecule has 0 aliphatic carbocycles. The summed E-state index contributed by atoms with van der Waals surface area (Å²) in [5, 5.41) is 5.09. The fourth-order valence-electron chi connectivity index (χ4n) is 2.12. The molecule has 0 aliphatic heterocycles. The predicted octanol–water partition coefficient (Wildman–Crippen LogP) is 0.806. The monoisotopic (exact) mass is 369 g/mol. The molecule has 7 nitrogen and oxygen atoms in total. The molecule has 2 amide bonds. The zero-order chi connectivity index (χ0) is 18.9. The largest absolute Gasteiger partial charge is 0.355 e. The van der Waals surface area contributed by atoms with Gasteiger partial charge >= 0.3 is 0 Å². The van der Waals surface area contributed by atoms with Crippen LogP contribution in [0.25, 0.3) is 0 Å². The summed E-state index contributed by atoms with van der Waals surface area (Å²) in [5.41, 5.74) is 1.56. The molecule has 8 heteroatoms. The molecule has 0 saturated carbocycles. The highest BCUT2D eigenvalue weighted by Gasteiger charge is 2.20. The van der Waals surface area contributed by atoms with Crippen LogP contribution in [0.1, 0.15) is 18.4 Å². The van der Waals surface area contributed by atoms with Gasteiger partial charge in [-0.2, -0.15) is 0 Å². The minimum atomic E-state index is -3.80. The Morgan fingerprint density at radius 1 is 1.00 bits per heavy atom. The van der Waals surface area contributed by atoms with E-state index in [0.717, 1.165) is 24.9 Å². The average Bonchev–Trinajstić information content (AvgIpc) is 2.47. The Hall–Kier alpha value is -1.93. The van der Waals surface area contributed by atoms with Crippen LogP contribution in [0.2, 0.25) is 0 Å². The number of sulfone groups is 1. The number of rotatable bonds is 10. The molecule has 0 unspecified atom stereocenters. The standard InChI is InChI=1S/C17H27N3O4S/c1-14-6-8-15(9-7-14)19-17(22)13-25(23,24)12-16(21)18-10-4-5-11-20(2)3/h6-9H,4-5,10-13H2,1-3H3,(H,18,21)(H,19,22). The van der Waals surface area contributed by atoms with Gasteiger partial charge in [0.15, 0.2) is 9.84 Å². The molecule has 0 aromatic heterocycles. The number of amides is 2. The van der Waals surface area contributed by atoms with Crippen LogP contribution in [0.4, 0.5) is 5.69 Å². The molecule has 0 aliphatic rings. The lowest BCUT2D eigenvalue weighted by molar-refractivity contribution is -0.118. The number of hydrogen-bond donors (Lipinski definition) is 2. The maximum atomic E-state index is 11.9. The average molecular weight is 369 g/mol. The van der Waals surface area contributed by atoms with Crippen molar-refractivity contribution in [3.8, 4) is 0 Å². The van der Waals surface area contributed by atoms with Crippen LogP contribution in [-0.4, -0.2) is 63.8 Å². The number of benzene rings is 1. The maximum Gasteiger partial charge on any atom is 0.239 e. The molecule has 0 bridgehead atoms. The third-order valence-corrected chi connectivity index (χ3v) is 4.80. The lowest BCUT2D eigenvalue weighted by atomic mass is 10.2. The summed E-state index contributed by atoms with van der Waals surface area (Å²) >= 11 is 0. The minimum Gasteiger partial charge on any atom is -0.355 e. The topological polar surface area (TPSA) is 95.6 Å². The molecule has 0 saturated heterocycles. The smallest absolute Gasteiger partial charge is 0.239 e. The van der Waals surface area contributed by atoms with Crippen LogP contribution in [0, 0.1) is 6.92 Å². The van der Waals surface area contributed by atoms with Gasteiger partial charge in [-0.25, -0.2) is 8.42 Å². The van der Waals surface area contributed by atoms with Gasteiger partial charge in [-0.3, -0.25) is 9.59 Å². The Bertz CT molecular complexity index is 670. The Morgan fingerprint density at radius 2 is 1.60 bits per heavy atom. The molecular weight excluding hydrogens is 342 g/mol. The van der Waals surface area contributed by atoms with E-state index in [4.69, 9.17) is 0 Å². The first-order chi connectivity index (χ1) is 11.7. The van der Waals surface area contributed by atoms with Crippen LogP contribution in [0.15, 0.2) is 24.3 Å². The Morgan fingerprint density at radius 3 is 2.20 bits per heavy atom. The molecule has 140 valence electrons. The Labute approximate surface area is 149 Å². The number of aryl methyl sites for hydroxylation is 1. The van der Waals surface area contributed by atoms with Crippen molar-refractivity contribution >= 4 is 27.3 Å². The van der Waals surface area contributed by atoms with Crippen molar-refractivity contribution in [3.63, 3.8) is 0 Å². The summed E-state index contributed by atoms with van der Waals surface area (Å²) in [5.74, 6) is -2.62. The van der Waals surface area contributed by atoms with Gasteiger partial charge in [0.25, 0.3) is 0 Å². The van der Waals surface area contributed by atoms with Gasteiger partial charge in [-0.05, 0) is 52.5 Å². The summed E-state index contributed by atoms with van der Waals surface area (Å²) in [6, 6.07) is 7.02. The van der Waals surface area contributed by atoms with Crippen molar-refractivity contribution in [2.24, 2.45) is 0 Å². The number of nitrogens with one attached hydrogen (secondary N) is 2. The molecule has 2 N–H and O–H groups in total. The zero-order valence-electron chi connectivity index (χ0n) is 15.0. The normalized spacial score (nSPS) is 11.4. The number of hydrogen-bond acceptors (Lipinski definition) is 5. The summed E-state index contributed by atoms with van der Waals surface area (Å²) in [6.45, 7) is 3.25. The van der Waals surface area contributed by atoms with E-state index in [9.17, 15) is 18.0 Å².